The maximum Gasteiger partial charge on any atom is 0.150 e. The molecule has 2 aromatic carbocycles. The molecule has 0 aliphatic carbocycles. The Balaban J connectivity index is 2.18. The molecule has 0 unspecified atom stereocenters. The Bertz CT molecular complexity index is 627. The van der Waals surface area contributed by atoms with Gasteiger partial charge in [-0.2, -0.15) is 0 Å². The van der Waals surface area contributed by atoms with Crippen LogP contribution in [0.1, 0.15) is 39.5 Å². The van der Waals surface area contributed by atoms with E-state index in [0.29, 0.717) is 25.4 Å². The van der Waals surface area contributed by atoms with Crippen LogP contribution in [-0.2, 0) is 18.0 Å². The van der Waals surface area contributed by atoms with Gasteiger partial charge >= 0.3 is 0 Å². The van der Waals surface area contributed by atoms with Gasteiger partial charge in [0, 0.05) is 17.7 Å². The zero-order chi connectivity index (χ0) is 15.9. The second kappa shape index (κ2) is 7.76. The average Bonchev–Trinajstić information content (AvgIpc) is 2.52. The molecule has 0 spiro atoms. The van der Waals surface area contributed by atoms with Gasteiger partial charge in [-0.05, 0) is 43.5 Å². The zero-order valence-corrected chi connectivity index (χ0v) is 13.4. The van der Waals surface area contributed by atoms with Gasteiger partial charge in [0.15, 0.2) is 0 Å². The molecule has 2 rings (SSSR count). The molecule has 0 saturated heterocycles. The molecular formula is C19H22O3. The van der Waals surface area contributed by atoms with E-state index in [1.54, 1.807) is 0 Å². The van der Waals surface area contributed by atoms with Gasteiger partial charge in [0.1, 0.15) is 18.6 Å². The first-order chi connectivity index (χ1) is 10.7. The molecular weight excluding hydrogens is 276 g/mol. The highest BCUT2D eigenvalue weighted by molar-refractivity contribution is 5.77. The highest BCUT2D eigenvalue weighted by Crippen LogP contribution is 2.24. The molecule has 3 heteroatoms. The number of hydrogen-bond donors (Lipinski definition) is 0. The molecule has 2 aromatic rings. The van der Waals surface area contributed by atoms with Crippen LogP contribution in [0, 0.1) is 13.8 Å². The molecule has 0 atom stereocenters. The summed E-state index contributed by atoms with van der Waals surface area (Å²) < 4.78 is 11.4. The van der Waals surface area contributed by atoms with E-state index in [9.17, 15) is 4.79 Å². The van der Waals surface area contributed by atoms with Gasteiger partial charge < -0.3 is 9.47 Å². The smallest absolute Gasteiger partial charge is 0.150 e. The van der Waals surface area contributed by atoms with Crippen LogP contribution in [0.4, 0.5) is 0 Å². The summed E-state index contributed by atoms with van der Waals surface area (Å²) in [4.78, 5) is 11.2. The highest BCUT2D eigenvalue weighted by Gasteiger charge is 2.08. The zero-order valence-electron chi connectivity index (χ0n) is 13.4. The normalized spacial score (nSPS) is 10.5. The Morgan fingerprint density at radius 1 is 1.05 bits per heavy atom. The van der Waals surface area contributed by atoms with Gasteiger partial charge in [-0.15, -0.1) is 0 Å². The summed E-state index contributed by atoms with van der Waals surface area (Å²) in [5.41, 5.74) is 4.78. The maximum atomic E-state index is 11.2. The fourth-order valence-electron chi connectivity index (χ4n) is 2.39. The van der Waals surface area contributed by atoms with Gasteiger partial charge in [0.2, 0.25) is 0 Å². The van der Waals surface area contributed by atoms with E-state index < -0.39 is 0 Å². The number of para-hydroxylation sites is 1. The molecule has 0 N–H and O–H groups in total. The Kier molecular flexibility index (Phi) is 5.73. The van der Waals surface area contributed by atoms with E-state index in [-0.39, 0.29) is 0 Å². The summed E-state index contributed by atoms with van der Waals surface area (Å²) >= 11 is 0. The number of carbonyl (C=O) groups is 1. The van der Waals surface area contributed by atoms with E-state index in [1.807, 2.05) is 57.2 Å². The van der Waals surface area contributed by atoms with Crippen LogP contribution in [0.5, 0.6) is 5.75 Å². The van der Waals surface area contributed by atoms with E-state index >= 15 is 0 Å². The largest absolute Gasteiger partial charge is 0.488 e. The van der Waals surface area contributed by atoms with Crippen molar-refractivity contribution < 1.29 is 14.3 Å². The van der Waals surface area contributed by atoms with Gasteiger partial charge in [-0.25, -0.2) is 0 Å². The SMILES string of the molecule is CCOCc1ccc(C=O)c(COc2c(C)cccc2C)c1. The van der Waals surface area contributed by atoms with Crippen LogP contribution in [0.3, 0.4) is 0 Å². The summed E-state index contributed by atoms with van der Waals surface area (Å²) in [5, 5.41) is 0. The van der Waals surface area contributed by atoms with Crippen LogP contribution in [-0.4, -0.2) is 12.9 Å². The van der Waals surface area contributed by atoms with Crippen molar-refractivity contribution in [3.63, 3.8) is 0 Å². The number of carbonyl (C=O) groups excluding carboxylic acids is 1. The number of rotatable bonds is 7. The number of ether oxygens (including phenoxy) is 2. The van der Waals surface area contributed by atoms with Gasteiger partial charge in [-0.3, -0.25) is 4.79 Å². The molecule has 0 heterocycles. The number of hydrogen-bond acceptors (Lipinski definition) is 3. The van der Waals surface area contributed by atoms with E-state index in [0.717, 1.165) is 34.3 Å². The monoisotopic (exact) mass is 298 g/mol. The lowest BCUT2D eigenvalue weighted by Gasteiger charge is -2.14. The van der Waals surface area contributed by atoms with Crippen LogP contribution >= 0.6 is 0 Å². The molecule has 3 nitrogen and oxygen atoms in total. The lowest BCUT2D eigenvalue weighted by atomic mass is 10.1. The standard InChI is InChI=1S/C19H22O3/c1-4-21-12-16-8-9-17(11-20)18(10-16)13-22-19-14(2)6-5-7-15(19)3/h5-11H,4,12-13H2,1-3H3. The second-order valence-electron chi connectivity index (χ2n) is 5.30. The molecule has 116 valence electrons. The van der Waals surface area contributed by atoms with Crippen molar-refractivity contribution in [2.45, 2.75) is 34.0 Å². The minimum Gasteiger partial charge on any atom is -0.488 e. The minimum atomic E-state index is 0.375. The van der Waals surface area contributed by atoms with Crippen LogP contribution < -0.4 is 4.74 Å². The predicted molar refractivity (Wildman–Crippen MR) is 87.4 cm³/mol. The quantitative estimate of drug-likeness (QED) is 0.718. The lowest BCUT2D eigenvalue weighted by molar-refractivity contribution is 0.112. The van der Waals surface area contributed by atoms with Crippen LogP contribution in [0.25, 0.3) is 0 Å². The van der Waals surface area contributed by atoms with Gasteiger partial charge in [0.05, 0.1) is 6.61 Å². The molecule has 0 fully saturated rings. The second-order valence-corrected chi connectivity index (χ2v) is 5.30. The Labute approximate surface area is 131 Å². The first-order valence-corrected chi connectivity index (χ1v) is 7.49. The van der Waals surface area contributed by atoms with Crippen molar-refractivity contribution in [3.05, 3.63) is 64.2 Å². The van der Waals surface area contributed by atoms with Crippen molar-refractivity contribution in [2.75, 3.05) is 6.61 Å². The van der Waals surface area contributed by atoms with Crippen molar-refractivity contribution in [3.8, 4) is 5.75 Å². The first kappa shape index (κ1) is 16.2. The van der Waals surface area contributed by atoms with E-state index in [4.69, 9.17) is 9.47 Å². The summed E-state index contributed by atoms with van der Waals surface area (Å²) in [7, 11) is 0. The summed E-state index contributed by atoms with van der Waals surface area (Å²) in [6.07, 6.45) is 0.869. The molecule has 0 bridgehead atoms. The van der Waals surface area contributed by atoms with E-state index in [1.165, 1.54) is 0 Å². The molecule has 0 aliphatic rings. The third-order valence-corrected chi connectivity index (χ3v) is 3.59. The van der Waals surface area contributed by atoms with Crippen LogP contribution in [0.15, 0.2) is 36.4 Å². The highest BCUT2D eigenvalue weighted by atomic mass is 16.5. The molecule has 22 heavy (non-hydrogen) atoms. The molecule has 0 radical (unpaired) electrons. The molecule has 0 saturated carbocycles. The van der Waals surface area contributed by atoms with Crippen LogP contribution in [0.2, 0.25) is 0 Å². The summed E-state index contributed by atoms with van der Waals surface area (Å²) in [5.74, 6) is 0.884. The van der Waals surface area contributed by atoms with E-state index in [2.05, 4.69) is 0 Å². The fourth-order valence-corrected chi connectivity index (χ4v) is 2.39. The topological polar surface area (TPSA) is 35.5 Å². The Hall–Kier alpha value is -2.13. The van der Waals surface area contributed by atoms with Crippen molar-refractivity contribution in [2.24, 2.45) is 0 Å². The predicted octanol–water partition coefficient (Wildman–Crippen LogP) is 4.23. The maximum absolute atomic E-state index is 11.2. The third kappa shape index (κ3) is 3.95. The minimum absolute atomic E-state index is 0.375. The number of aldehydes is 1. The molecule has 0 aliphatic heterocycles. The Morgan fingerprint density at radius 2 is 1.77 bits per heavy atom. The third-order valence-electron chi connectivity index (χ3n) is 3.59. The molecule has 0 aromatic heterocycles. The first-order valence-electron chi connectivity index (χ1n) is 7.49. The van der Waals surface area contributed by atoms with Crippen molar-refractivity contribution in [1.29, 1.82) is 0 Å². The fraction of sp³-hybridized carbons (Fsp3) is 0.316. The summed E-state index contributed by atoms with van der Waals surface area (Å²) in [6.45, 7) is 7.60. The van der Waals surface area contributed by atoms with Crippen molar-refractivity contribution in [1.82, 2.24) is 0 Å². The number of benzene rings is 2. The van der Waals surface area contributed by atoms with Gasteiger partial charge in [0.25, 0.3) is 0 Å². The molecule has 0 amide bonds. The summed E-state index contributed by atoms with van der Waals surface area (Å²) in [6, 6.07) is 11.8. The average molecular weight is 298 g/mol. The lowest BCUT2D eigenvalue weighted by Crippen LogP contribution is -2.03. The van der Waals surface area contributed by atoms with Gasteiger partial charge in [-0.1, -0.05) is 30.3 Å². The van der Waals surface area contributed by atoms with Crippen molar-refractivity contribution >= 4 is 6.29 Å². The Morgan fingerprint density at radius 3 is 2.41 bits per heavy atom. The number of aryl methyl sites for hydroxylation is 2.